The SMILES string of the molecule is CCCN1CC#CCCCCCCC#CC1. The Morgan fingerprint density at radius 1 is 0.812 bits per heavy atom. The Balaban J connectivity index is 2.44. The molecule has 0 aliphatic carbocycles. The van der Waals surface area contributed by atoms with Crippen molar-refractivity contribution in [2.75, 3.05) is 19.6 Å². The van der Waals surface area contributed by atoms with Gasteiger partial charge in [0.25, 0.3) is 0 Å². The minimum Gasteiger partial charge on any atom is -0.281 e. The molecule has 0 fully saturated rings. The molecule has 0 spiro atoms. The number of hydrogen-bond donors (Lipinski definition) is 0. The van der Waals surface area contributed by atoms with Crippen LogP contribution < -0.4 is 0 Å². The Morgan fingerprint density at radius 2 is 1.38 bits per heavy atom. The van der Waals surface area contributed by atoms with Gasteiger partial charge in [0, 0.05) is 12.8 Å². The van der Waals surface area contributed by atoms with Gasteiger partial charge in [0.2, 0.25) is 0 Å². The molecular formula is C15H23N. The van der Waals surface area contributed by atoms with Crippen molar-refractivity contribution in [3.8, 4) is 23.7 Å². The summed E-state index contributed by atoms with van der Waals surface area (Å²) in [4.78, 5) is 2.35. The molecule has 1 heterocycles. The van der Waals surface area contributed by atoms with Crippen LogP contribution in [0.15, 0.2) is 0 Å². The summed E-state index contributed by atoms with van der Waals surface area (Å²) >= 11 is 0. The summed E-state index contributed by atoms with van der Waals surface area (Å²) in [6, 6.07) is 0. The Morgan fingerprint density at radius 3 is 1.88 bits per heavy atom. The van der Waals surface area contributed by atoms with E-state index in [4.69, 9.17) is 0 Å². The molecule has 0 aromatic rings. The van der Waals surface area contributed by atoms with Crippen molar-refractivity contribution in [1.29, 1.82) is 0 Å². The van der Waals surface area contributed by atoms with E-state index in [0.717, 1.165) is 32.5 Å². The lowest BCUT2D eigenvalue weighted by atomic mass is 10.1. The van der Waals surface area contributed by atoms with E-state index in [1.54, 1.807) is 0 Å². The zero-order chi connectivity index (χ0) is 11.5. The normalized spacial score (nSPS) is 19.1. The van der Waals surface area contributed by atoms with Crippen LogP contribution >= 0.6 is 0 Å². The highest BCUT2D eigenvalue weighted by molar-refractivity contribution is 5.05. The predicted octanol–water partition coefficient (Wildman–Crippen LogP) is 3.06. The minimum absolute atomic E-state index is 0.891. The van der Waals surface area contributed by atoms with Gasteiger partial charge in [-0.3, -0.25) is 4.90 Å². The summed E-state index contributed by atoms with van der Waals surface area (Å²) in [6.45, 7) is 5.11. The molecule has 1 rings (SSSR count). The van der Waals surface area contributed by atoms with Gasteiger partial charge in [-0.1, -0.05) is 31.6 Å². The Labute approximate surface area is 101 Å². The molecule has 1 aliphatic heterocycles. The average Bonchev–Trinajstić information content (AvgIpc) is 2.31. The first-order chi connectivity index (χ1) is 7.93. The minimum atomic E-state index is 0.891. The van der Waals surface area contributed by atoms with Gasteiger partial charge >= 0.3 is 0 Å². The van der Waals surface area contributed by atoms with Crippen LogP contribution in [-0.2, 0) is 0 Å². The highest BCUT2D eigenvalue weighted by Gasteiger charge is 1.98. The van der Waals surface area contributed by atoms with Gasteiger partial charge in [-0.15, -0.1) is 11.8 Å². The van der Waals surface area contributed by atoms with Crippen molar-refractivity contribution < 1.29 is 0 Å². The molecule has 0 aromatic heterocycles. The van der Waals surface area contributed by atoms with E-state index in [-0.39, 0.29) is 0 Å². The zero-order valence-electron chi connectivity index (χ0n) is 10.5. The van der Waals surface area contributed by atoms with Crippen LogP contribution in [0.5, 0.6) is 0 Å². The molecule has 0 saturated heterocycles. The lowest BCUT2D eigenvalue weighted by Crippen LogP contribution is -2.25. The lowest BCUT2D eigenvalue weighted by Gasteiger charge is -2.14. The maximum Gasteiger partial charge on any atom is 0.0609 e. The smallest absolute Gasteiger partial charge is 0.0609 e. The van der Waals surface area contributed by atoms with Gasteiger partial charge < -0.3 is 0 Å². The Bertz CT molecular complexity index is 256. The first-order valence-electron chi connectivity index (χ1n) is 6.57. The molecule has 0 bridgehead atoms. The average molecular weight is 217 g/mol. The van der Waals surface area contributed by atoms with Crippen molar-refractivity contribution in [2.45, 2.75) is 51.9 Å². The van der Waals surface area contributed by atoms with Crippen molar-refractivity contribution >= 4 is 0 Å². The topological polar surface area (TPSA) is 3.24 Å². The fourth-order valence-corrected chi connectivity index (χ4v) is 1.82. The summed E-state index contributed by atoms with van der Waals surface area (Å²) in [7, 11) is 0. The third-order valence-corrected chi connectivity index (χ3v) is 2.75. The highest BCUT2D eigenvalue weighted by Crippen LogP contribution is 2.04. The third-order valence-electron chi connectivity index (χ3n) is 2.75. The molecule has 1 aliphatic rings. The third kappa shape index (κ3) is 6.54. The van der Waals surface area contributed by atoms with E-state index in [1.807, 2.05) is 0 Å². The summed E-state index contributed by atoms with van der Waals surface area (Å²) < 4.78 is 0. The fourth-order valence-electron chi connectivity index (χ4n) is 1.82. The van der Waals surface area contributed by atoms with Crippen LogP contribution in [0.2, 0.25) is 0 Å². The molecule has 0 amide bonds. The van der Waals surface area contributed by atoms with Gasteiger partial charge in [0.1, 0.15) is 0 Å². The van der Waals surface area contributed by atoms with Crippen molar-refractivity contribution in [1.82, 2.24) is 4.90 Å². The first kappa shape index (κ1) is 13.1. The van der Waals surface area contributed by atoms with Gasteiger partial charge in [-0.25, -0.2) is 0 Å². The molecule has 1 heteroatoms. The van der Waals surface area contributed by atoms with Crippen LogP contribution in [0.1, 0.15) is 51.9 Å². The second-order valence-corrected chi connectivity index (χ2v) is 4.33. The molecule has 0 unspecified atom stereocenters. The Kier molecular flexibility index (Phi) is 7.65. The molecular weight excluding hydrogens is 194 g/mol. The van der Waals surface area contributed by atoms with E-state index < -0.39 is 0 Å². The number of rotatable bonds is 2. The molecule has 16 heavy (non-hydrogen) atoms. The molecule has 88 valence electrons. The lowest BCUT2D eigenvalue weighted by molar-refractivity contribution is 0.345. The highest BCUT2D eigenvalue weighted by atomic mass is 15.1. The Hall–Kier alpha value is -0.920. The van der Waals surface area contributed by atoms with E-state index >= 15 is 0 Å². The van der Waals surface area contributed by atoms with E-state index in [1.165, 1.54) is 32.1 Å². The van der Waals surface area contributed by atoms with Crippen LogP contribution in [0.4, 0.5) is 0 Å². The van der Waals surface area contributed by atoms with Crippen LogP contribution in [0.3, 0.4) is 0 Å². The standard InChI is InChI=1S/C15H23N/c1-2-13-16-14-11-9-7-5-3-4-6-8-10-12-15-16/h2-8,13-15H2,1H3. The monoisotopic (exact) mass is 217 g/mol. The molecule has 0 radical (unpaired) electrons. The zero-order valence-corrected chi connectivity index (χ0v) is 10.5. The van der Waals surface area contributed by atoms with Crippen molar-refractivity contribution in [2.24, 2.45) is 0 Å². The van der Waals surface area contributed by atoms with Gasteiger partial charge in [0.05, 0.1) is 13.1 Å². The number of nitrogens with zero attached hydrogens (tertiary/aromatic N) is 1. The maximum atomic E-state index is 3.27. The molecule has 0 saturated carbocycles. The molecule has 1 nitrogen and oxygen atoms in total. The van der Waals surface area contributed by atoms with Crippen molar-refractivity contribution in [3.05, 3.63) is 0 Å². The molecule has 0 aromatic carbocycles. The molecule has 0 atom stereocenters. The van der Waals surface area contributed by atoms with Crippen molar-refractivity contribution in [3.63, 3.8) is 0 Å². The molecule has 0 N–H and O–H groups in total. The quantitative estimate of drug-likeness (QED) is 0.643. The van der Waals surface area contributed by atoms with Gasteiger partial charge in [-0.2, -0.15) is 0 Å². The first-order valence-corrected chi connectivity index (χ1v) is 6.57. The largest absolute Gasteiger partial charge is 0.281 e. The van der Waals surface area contributed by atoms with Gasteiger partial charge in [-0.05, 0) is 25.8 Å². The summed E-state index contributed by atoms with van der Waals surface area (Å²) in [5.41, 5.74) is 0. The fraction of sp³-hybridized carbons (Fsp3) is 0.733. The van der Waals surface area contributed by atoms with Crippen LogP contribution in [0, 0.1) is 23.7 Å². The second kappa shape index (κ2) is 9.32. The summed E-state index contributed by atoms with van der Waals surface area (Å²) in [5.74, 6) is 13.1. The predicted molar refractivity (Wildman–Crippen MR) is 70.0 cm³/mol. The number of hydrogen-bond acceptors (Lipinski definition) is 1. The summed E-state index contributed by atoms with van der Waals surface area (Å²) in [6.07, 6.45) is 8.47. The summed E-state index contributed by atoms with van der Waals surface area (Å²) in [5, 5.41) is 0. The second-order valence-electron chi connectivity index (χ2n) is 4.33. The van der Waals surface area contributed by atoms with Gasteiger partial charge in [0.15, 0.2) is 0 Å². The van der Waals surface area contributed by atoms with Crippen LogP contribution in [0.25, 0.3) is 0 Å². The maximum absolute atomic E-state index is 3.27. The van der Waals surface area contributed by atoms with Crippen LogP contribution in [-0.4, -0.2) is 24.5 Å². The van der Waals surface area contributed by atoms with E-state index in [9.17, 15) is 0 Å². The van der Waals surface area contributed by atoms with E-state index in [2.05, 4.69) is 35.5 Å². The van der Waals surface area contributed by atoms with E-state index in [0.29, 0.717) is 0 Å².